The number of ether oxygens (including phenoxy) is 2. The van der Waals surface area contributed by atoms with Crippen molar-refractivity contribution in [2.45, 2.75) is 291 Å². The zero-order valence-electron chi connectivity index (χ0n) is 41.3. The highest BCUT2D eigenvalue weighted by atomic mass is 16.5. The second kappa shape index (κ2) is 44.5. The number of hydrogen-bond donors (Lipinski definition) is 0. The predicted octanol–water partition coefficient (Wildman–Crippen LogP) is 17.3. The number of nitrogens with zero attached hydrogens (tertiary/aromatic N) is 1. The summed E-state index contributed by atoms with van der Waals surface area (Å²) >= 11 is 0. The molecule has 356 valence electrons. The van der Waals surface area contributed by atoms with E-state index in [1.165, 1.54) is 232 Å². The highest BCUT2D eigenvalue weighted by molar-refractivity contribution is 5.69. The van der Waals surface area contributed by atoms with E-state index in [0.717, 1.165) is 56.3 Å². The van der Waals surface area contributed by atoms with E-state index in [9.17, 15) is 9.59 Å². The monoisotopic (exact) mass is 846 g/mol. The zero-order chi connectivity index (χ0) is 43.4. The molecule has 0 atom stereocenters. The van der Waals surface area contributed by atoms with Gasteiger partial charge in [0.1, 0.15) is 0 Å². The van der Waals surface area contributed by atoms with E-state index in [2.05, 4.69) is 32.6 Å². The third-order valence-electron chi connectivity index (χ3n) is 14.0. The maximum Gasteiger partial charge on any atom is 0.305 e. The van der Waals surface area contributed by atoms with Gasteiger partial charge in [-0.25, -0.2) is 0 Å². The van der Waals surface area contributed by atoms with Gasteiger partial charge in [-0.15, -0.1) is 0 Å². The van der Waals surface area contributed by atoms with Crippen molar-refractivity contribution in [1.82, 2.24) is 4.90 Å². The van der Waals surface area contributed by atoms with Crippen LogP contribution in [0.1, 0.15) is 291 Å². The summed E-state index contributed by atoms with van der Waals surface area (Å²) in [5.41, 5.74) is 0. The SMILES string of the molecule is CCCCCC(CCCCC)CCOC(=O)CCCCCCCCCC(CCCCCCCCCC(=O)OCCC(CCCCC)CCCCC)CCCN1CCCCC1. The Bertz CT molecular complexity index is 823. The molecule has 0 aromatic carbocycles. The first-order chi connectivity index (χ1) is 29.5. The largest absolute Gasteiger partial charge is 0.466 e. The predicted molar refractivity (Wildman–Crippen MR) is 261 cm³/mol. The molecule has 1 aliphatic rings. The lowest BCUT2D eigenvalue weighted by Gasteiger charge is -2.27. The Kier molecular flexibility index (Phi) is 42.2. The highest BCUT2D eigenvalue weighted by Crippen LogP contribution is 2.26. The van der Waals surface area contributed by atoms with Gasteiger partial charge in [0.2, 0.25) is 0 Å². The van der Waals surface area contributed by atoms with Crippen LogP contribution in [0.2, 0.25) is 0 Å². The van der Waals surface area contributed by atoms with Crippen LogP contribution in [0.5, 0.6) is 0 Å². The molecule has 1 rings (SSSR count). The molecule has 1 aliphatic heterocycles. The van der Waals surface area contributed by atoms with Gasteiger partial charge in [0.25, 0.3) is 0 Å². The van der Waals surface area contributed by atoms with E-state index in [1.54, 1.807) is 0 Å². The van der Waals surface area contributed by atoms with Crippen molar-refractivity contribution in [2.24, 2.45) is 17.8 Å². The molecule has 0 bridgehead atoms. The van der Waals surface area contributed by atoms with E-state index >= 15 is 0 Å². The molecule has 0 aromatic rings. The number of carbonyl (C=O) groups is 2. The molecule has 1 saturated heterocycles. The van der Waals surface area contributed by atoms with Gasteiger partial charge in [0.15, 0.2) is 0 Å². The summed E-state index contributed by atoms with van der Waals surface area (Å²) in [6, 6.07) is 0. The average Bonchev–Trinajstić information content (AvgIpc) is 3.25. The summed E-state index contributed by atoms with van der Waals surface area (Å²) < 4.78 is 11.4. The van der Waals surface area contributed by atoms with Crippen LogP contribution in [0.15, 0.2) is 0 Å². The van der Waals surface area contributed by atoms with Crippen molar-refractivity contribution in [1.29, 1.82) is 0 Å². The van der Waals surface area contributed by atoms with Crippen molar-refractivity contribution < 1.29 is 19.1 Å². The molecule has 5 heteroatoms. The Balaban J connectivity index is 2.17. The molecular formula is C55H107NO4. The maximum absolute atomic E-state index is 12.4. The lowest BCUT2D eigenvalue weighted by molar-refractivity contribution is -0.145. The quantitative estimate of drug-likeness (QED) is 0.0451. The maximum atomic E-state index is 12.4. The van der Waals surface area contributed by atoms with Crippen LogP contribution in [-0.4, -0.2) is 49.7 Å². The summed E-state index contributed by atoms with van der Waals surface area (Å²) in [5.74, 6) is 2.42. The molecule has 0 unspecified atom stereocenters. The molecule has 0 spiro atoms. The minimum Gasteiger partial charge on any atom is -0.466 e. The van der Waals surface area contributed by atoms with Crippen LogP contribution in [-0.2, 0) is 19.1 Å². The Morgan fingerprint density at radius 3 is 1.03 bits per heavy atom. The lowest BCUT2D eigenvalue weighted by atomic mass is 9.90. The third-order valence-corrected chi connectivity index (χ3v) is 14.0. The van der Waals surface area contributed by atoms with Gasteiger partial charge in [-0.2, -0.15) is 0 Å². The van der Waals surface area contributed by atoms with Crippen LogP contribution in [0, 0.1) is 17.8 Å². The van der Waals surface area contributed by atoms with E-state index in [1.807, 2.05) is 0 Å². The van der Waals surface area contributed by atoms with E-state index in [4.69, 9.17) is 9.47 Å². The molecule has 1 heterocycles. The second-order valence-electron chi connectivity index (χ2n) is 19.7. The van der Waals surface area contributed by atoms with Gasteiger partial charge in [-0.3, -0.25) is 9.59 Å². The molecule has 60 heavy (non-hydrogen) atoms. The lowest BCUT2D eigenvalue weighted by Crippen LogP contribution is -2.30. The third kappa shape index (κ3) is 37.5. The fourth-order valence-electron chi connectivity index (χ4n) is 9.81. The van der Waals surface area contributed by atoms with E-state index in [-0.39, 0.29) is 11.9 Å². The van der Waals surface area contributed by atoms with Crippen molar-refractivity contribution in [3.63, 3.8) is 0 Å². The Morgan fingerprint density at radius 1 is 0.367 bits per heavy atom. The van der Waals surface area contributed by atoms with Gasteiger partial charge in [0.05, 0.1) is 13.2 Å². The summed E-state index contributed by atoms with van der Waals surface area (Å²) in [4.78, 5) is 27.5. The van der Waals surface area contributed by atoms with Gasteiger partial charge in [0, 0.05) is 12.8 Å². The van der Waals surface area contributed by atoms with Gasteiger partial charge in [-0.1, -0.05) is 227 Å². The van der Waals surface area contributed by atoms with Gasteiger partial charge < -0.3 is 14.4 Å². The van der Waals surface area contributed by atoms with E-state index in [0.29, 0.717) is 26.1 Å². The van der Waals surface area contributed by atoms with Crippen LogP contribution >= 0.6 is 0 Å². The molecule has 5 nitrogen and oxygen atoms in total. The normalized spacial score (nSPS) is 13.6. The number of piperidine rings is 1. The fourth-order valence-corrected chi connectivity index (χ4v) is 9.81. The minimum atomic E-state index is 0.0286. The summed E-state index contributed by atoms with van der Waals surface area (Å²) in [6.45, 7) is 14.3. The highest BCUT2D eigenvalue weighted by Gasteiger charge is 2.14. The van der Waals surface area contributed by atoms with Crippen LogP contribution < -0.4 is 0 Å². The first kappa shape index (κ1) is 56.9. The number of rotatable bonds is 46. The van der Waals surface area contributed by atoms with Crippen molar-refractivity contribution >= 4 is 11.9 Å². The summed E-state index contributed by atoms with van der Waals surface area (Å²) in [5, 5.41) is 0. The Morgan fingerprint density at radius 2 is 0.667 bits per heavy atom. The number of unbranched alkanes of at least 4 members (excludes halogenated alkanes) is 20. The van der Waals surface area contributed by atoms with Crippen LogP contribution in [0.3, 0.4) is 0 Å². The van der Waals surface area contributed by atoms with Crippen LogP contribution in [0.25, 0.3) is 0 Å². The van der Waals surface area contributed by atoms with Gasteiger partial charge in [-0.05, 0) is 88.8 Å². The van der Waals surface area contributed by atoms with Crippen molar-refractivity contribution in [3.05, 3.63) is 0 Å². The van der Waals surface area contributed by atoms with Crippen LogP contribution in [0.4, 0.5) is 0 Å². The second-order valence-corrected chi connectivity index (χ2v) is 19.7. The minimum absolute atomic E-state index is 0.0286. The topological polar surface area (TPSA) is 55.8 Å². The first-order valence-corrected chi connectivity index (χ1v) is 27.6. The molecule has 0 aliphatic carbocycles. The molecule has 0 radical (unpaired) electrons. The molecule has 1 fully saturated rings. The Hall–Kier alpha value is -1.10. The fraction of sp³-hybridized carbons (Fsp3) is 0.964. The summed E-state index contributed by atoms with van der Waals surface area (Å²) in [7, 11) is 0. The number of esters is 2. The zero-order valence-corrected chi connectivity index (χ0v) is 41.3. The molecule has 0 amide bonds. The van der Waals surface area contributed by atoms with Gasteiger partial charge >= 0.3 is 11.9 Å². The van der Waals surface area contributed by atoms with E-state index < -0.39 is 0 Å². The first-order valence-electron chi connectivity index (χ1n) is 27.6. The summed E-state index contributed by atoms with van der Waals surface area (Å²) in [6.07, 6.45) is 51.7. The molecule has 0 N–H and O–H groups in total. The average molecular weight is 846 g/mol. The number of hydrogen-bond acceptors (Lipinski definition) is 5. The standard InChI is InChI=1S/C55H107NO4/c1-5-9-24-35-52(36-25-10-6-2)44-49-59-54(57)42-30-21-17-13-15-19-28-39-51(41-34-48-56-46-32-23-33-47-56)40-29-20-16-14-18-22-31-43-55(58)60-50-45-53(37-26-11-7-3)38-27-12-8-4/h51-53H,5-50H2,1-4H3. The molecule has 0 saturated carbocycles. The molecular weight excluding hydrogens is 739 g/mol. The number of likely N-dealkylation sites (tertiary alicyclic amines) is 1. The van der Waals surface area contributed by atoms with Crippen molar-refractivity contribution in [3.8, 4) is 0 Å². The number of carbonyl (C=O) groups excluding carboxylic acids is 2. The Labute approximate surface area is 376 Å². The molecule has 0 aromatic heterocycles. The smallest absolute Gasteiger partial charge is 0.305 e. The van der Waals surface area contributed by atoms with Crippen molar-refractivity contribution in [2.75, 3.05) is 32.8 Å².